The minimum atomic E-state index is -2.91. The lowest BCUT2D eigenvalue weighted by molar-refractivity contribution is -0.0498. The first-order chi connectivity index (χ1) is 12.1. The predicted octanol–water partition coefficient (Wildman–Crippen LogP) is 4.41. The molecule has 1 amide bonds. The Balaban J connectivity index is 1.63. The highest BCUT2D eigenvalue weighted by atomic mass is 19.3. The van der Waals surface area contributed by atoms with Crippen molar-refractivity contribution >= 4 is 16.7 Å². The van der Waals surface area contributed by atoms with Gasteiger partial charge >= 0.3 is 6.61 Å². The summed E-state index contributed by atoms with van der Waals surface area (Å²) >= 11 is 0. The van der Waals surface area contributed by atoms with Crippen molar-refractivity contribution in [1.29, 1.82) is 0 Å². The number of carbonyl (C=O) groups is 1. The van der Waals surface area contributed by atoms with Gasteiger partial charge in [0.2, 0.25) is 0 Å². The van der Waals surface area contributed by atoms with E-state index in [0.717, 1.165) is 16.3 Å². The molecule has 25 heavy (non-hydrogen) atoms. The van der Waals surface area contributed by atoms with Crippen LogP contribution in [0.15, 0.2) is 66.7 Å². The molecule has 3 aromatic rings. The molecule has 0 aromatic heterocycles. The maximum atomic E-state index is 12.2. The Labute approximate surface area is 144 Å². The number of nitrogens with one attached hydrogen (secondary N) is 1. The fourth-order valence-electron chi connectivity index (χ4n) is 2.74. The van der Waals surface area contributed by atoms with E-state index < -0.39 is 6.61 Å². The Bertz CT molecular complexity index is 875. The zero-order chi connectivity index (χ0) is 17.6. The molecule has 0 saturated heterocycles. The van der Waals surface area contributed by atoms with Crippen LogP contribution in [0.2, 0.25) is 0 Å². The molecule has 0 bridgehead atoms. The Kier molecular flexibility index (Phi) is 5.23. The van der Waals surface area contributed by atoms with Crippen LogP contribution in [0.1, 0.15) is 15.9 Å². The maximum absolute atomic E-state index is 12.2. The quantitative estimate of drug-likeness (QED) is 0.721. The molecule has 0 unspecified atom stereocenters. The highest BCUT2D eigenvalue weighted by Crippen LogP contribution is 2.19. The molecular formula is C20H17F2NO2. The van der Waals surface area contributed by atoms with Gasteiger partial charge < -0.3 is 10.1 Å². The molecule has 1 N–H and O–H groups in total. The van der Waals surface area contributed by atoms with Crippen molar-refractivity contribution in [3.8, 4) is 5.75 Å². The van der Waals surface area contributed by atoms with E-state index in [1.165, 1.54) is 18.2 Å². The van der Waals surface area contributed by atoms with Gasteiger partial charge in [0.1, 0.15) is 5.75 Å². The molecule has 0 saturated carbocycles. The first kappa shape index (κ1) is 16.9. The van der Waals surface area contributed by atoms with E-state index in [2.05, 4.69) is 16.1 Å². The lowest BCUT2D eigenvalue weighted by Gasteiger charge is -2.09. The van der Waals surface area contributed by atoms with E-state index in [4.69, 9.17) is 0 Å². The second-order valence-electron chi connectivity index (χ2n) is 5.55. The number of hydrogen-bond donors (Lipinski definition) is 1. The zero-order valence-electron chi connectivity index (χ0n) is 13.4. The summed E-state index contributed by atoms with van der Waals surface area (Å²) in [4.78, 5) is 12.2. The average molecular weight is 341 g/mol. The standard InChI is InChI=1S/C20H17F2NO2/c21-20(22)25-17-9-4-8-16(13-17)19(24)23-12-11-15-7-3-6-14-5-1-2-10-18(14)15/h1-10,13,20H,11-12H2,(H,23,24). The highest BCUT2D eigenvalue weighted by molar-refractivity contribution is 5.94. The molecule has 3 aromatic carbocycles. The van der Waals surface area contributed by atoms with E-state index in [1.54, 1.807) is 6.07 Å². The van der Waals surface area contributed by atoms with Gasteiger partial charge in [-0.25, -0.2) is 0 Å². The summed E-state index contributed by atoms with van der Waals surface area (Å²) in [6, 6.07) is 19.9. The minimum absolute atomic E-state index is 0.0308. The lowest BCUT2D eigenvalue weighted by atomic mass is 10.0. The molecule has 0 aliphatic heterocycles. The van der Waals surface area contributed by atoms with Gasteiger partial charge in [-0.3, -0.25) is 4.79 Å². The van der Waals surface area contributed by atoms with Crippen LogP contribution in [0.5, 0.6) is 5.75 Å². The van der Waals surface area contributed by atoms with Gasteiger partial charge in [0.05, 0.1) is 0 Å². The van der Waals surface area contributed by atoms with E-state index >= 15 is 0 Å². The van der Waals surface area contributed by atoms with Crippen LogP contribution >= 0.6 is 0 Å². The number of carbonyl (C=O) groups excluding carboxylic acids is 1. The first-order valence-electron chi connectivity index (χ1n) is 7.93. The number of alkyl halides is 2. The molecule has 128 valence electrons. The number of benzene rings is 3. The molecule has 0 aliphatic rings. The number of amides is 1. The summed E-state index contributed by atoms with van der Waals surface area (Å²) in [5, 5.41) is 5.13. The summed E-state index contributed by atoms with van der Waals surface area (Å²) in [5.74, 6) is -0.350. The van der Waals surface area contributed by atoms with Crippen molar-refractivity contribution in [1.82, 2.24) is 5.32 Å². The van der Waals surface area contributed by atoms with Crippen molar-refractivity contribution < 1.29 is 18.3 Å². The highest BCUT2D eigenvalue weighted by Gasteiger charge is 2.09. The van der Waals surface area contributed by atoms with Crippen LogP contribution in [0.25, 0.3) is 10.8 Å². The van der Waals surface area contributed by atoms with Crippen molar-refractivity contribution in [2.75, 3.05) is 6.54 Å². The smallest absolute Gasteiger partial charge is 0.387 e. The largest absolute Gasteiger partial charge is 0.435 e. The number of rotatable bonds is 6. The molecule has 0 radical (unpaired) electrons. The predicted molar refractivity (Wildman–Crippen MR) is 93.1 cm³/mol. The molecule has 0 spiro atoms. The first-order valence-corrected chi connectivity index (χ1v) is 7.93. The summed E-state index contributed by atoms with van der Waals surface area (Å²) in [5.41, 5.74) is 1.43. The van der Waals surface area contributed by atoms with Crippen molar-refractivity contribution in [2.45, 2.75) is 13.0 Å². The molecule has 0 atom stereocenters. The van der Waals surface area contributed by atoms with Crippen LogP contribution < -0.4 is 10.1 Å². The van der Waals surface area contributed by atoms with Gasteiger partial charge in [-0.15, -0.1) is 0 Å². The topological polar surface area (TPSA) is 38.3 Å². The summed E-state index contributed by atoms with van der Waals surface area (Å²) < 4.78 is 28.8. The van der Waals surface area contributed by atoms with Crippen LogP contribution in [-0.4, -0.2) is 19.1 Å². The third-order valence-corrected chi connectivity index (χ3v) is 3.88. The van der Waals surface area contributed by atoms with E-state index in [9.17, 15) is 13.6 Å². The number of ether oxygens (including phenoxy) is 1. The molecule has 0 aliphatic carbocycles. The van der Waals surface area contributed by atoms with E-state index in [-0.39, 0.29) is 17.2 Å². The third kappa shape index (κ3) is 4.32. The fraction of sp³-hybridized carbons (Fsp3) is 0.150. The van der Waals surface area contributed by atoms with E-state index in [0.29, 0.717) is 13.0 Å². The average Bonchev–Trinajstić information content (AvgIpc) is 2.61. The normalized spacial score (nSPS) is 10.8. The molecule has 3 rings (SSSR count). The van der Waals surface area contributed by atoms with Crippen molar-refractivity contribution in [3.63, 3.8) is 0 Å². The van der Waals surface area contributed by atoms with Crippen LogP contribution in [0, 0.1) is 0 Å². The van der Waals surface area contributed by atoms with E-state index in [1.807, 2.05) is 36.4 Å². The van der Waals surface area contributed by atoms with Gasteiger partial charge in [-0.2, -0.15) is 8.78 Å². The second-order valence-corrected chi connectivity index (χ2v) is 5.55. The molecule has 3 nitrogen and oxygen atoms in total. The molecule has 5 heteroatoms. The van der Waals surface area contributed by atoms with Gasteiger partial charge in [-0.1, -0.05) is 48.5 Å². The Hall–Kier alpha value is -2.95. The Morgan fingerprint density at radius 1 is 1.00 bits per heavy atom. The number of hydrogen-bond acceptors (Lipinski definition) is 2. The van der Waals surface area contributed by atoms with Gasteiger partial charge in [-0.05, 0) is 41.0 Å². The van der Waals surface area contributed by atoms with Crippen molar-refractivity contribution in [2.24, 2.45) is 0 Å². The maximum Gasteiger partial charge on any atom is 0.387 e. The number of halogens is 2. The van der Waals surface area contributed by atoms with Crippen LogP contribution in [0.4, 0.5) is 8.78 Å². The van der Waals surface area contributed by atoms with Gasteiger partial charge in [0.15, 0.2) is 0 Å². The number of fused-ring (bicyclic) bond motifs is 1. The minimum Gasteiger partial charge on any atom is -0.435 e. The van der Waals surface area contributed by atoms with Crippen molar-refractivity contribution in [3.05, 3.63) is 77.9 Å². The molecular weight excluding hydrogens is 324 g/mol. The Morgan fingerprint density at radius 2 is 1.76 bits per heavy atom. The van der Waals surface area contributed by atoms with Crippen LogP contribution in [0.3, 0.4) is 0 Å². The SMILES string of the molecule is O=C(NCCc1cccc2ccccc12)c1cccc(OC(F)F)c1. The third-order valence-electron chi connectivity index (χ3n) is 3.88. The van der Waals surface area contributed by atoms with Gasteiger partial charge in [0.25, 0.3) is 5.91 Å². The fourth-order valence-corrected chi connectivity index (χ4v) is 2.74. The Morgan fingerprint density at radius 3 is 2.60 bits per heavy atom. The van der Waals surface area contributed by atoms with Gasteiger partial charge in [0, 0.05) is 12.1 Å². The second kappa shape index (κ2) is 7.75. The zero-order valence-corrected chi connectivity index (χ0v) is 13.4. The lowest BCUT2D eigenvalue weighted by Crippen LogP contribution is -2.25. The summed E-state index contributed by atoms with van der Waals surface area (Å²) in [6.07, 6.45) is 0.681. The summed E-state index contributed by atoms with van der Waals surface area (Å²) in [6.45, 7) is -2.46. The summed E-state index contributed by atoms with van der Waals surface area (Å²) in [7, 11) is 0. The monoisotopic (exact) mass is 341 g/mol. The van der Waals surface area contributed by atoms with Crippen LogP contribution in [-0.2, 0) is 6.42 Å². The molecule has 0 heterocycles. The molecule has 0 fully saturated rings.